The number of benzene rings is 1. The van der Waals surface area contributed by atoms with E-state index in [1.54, 1.807) is 18.2 Å². The van der Waals surface area contributed by atoms with Crippen molar-refractivity contribution in [1.29, 1.82) is 0 Å². The van der Waals surface area contributed by atoms with E-state index >= 15 is 0 Å². The number of carboxylic acid groups (broad SMARTS) is 1. The third-order valence-corrected chi connectivity index (χ3v) is 2.51. The topological polar surface area (TPSA) is 40.5 Å². The van der Waals surface area contributed by atoms with Crippen molar-refractivity contribution in [3.05, 3.63) is 29.8 Å². The first-order chi connectivity index (χ1) is 7.56. The Morgan fingerprint density at radius 2 is 2.12 bits per heavy atom. The molecule has 0 aliphatic heterocycles. The summed E-state index contributed by atoms with van der Waals surface area (Å²) in [6.07, 6.45) is 1.05. The summed E-state index contributed by atoms with van der Waals surface area (Å²) in [6, 6.07) is 7.49. The van der Waals surface area contributed by atoms with Crippen molar-refractivity contribution in [2.45, 2.75) is 33.2 Å². The molecule has 0 saturated carbocycles. The molecule has 0 saturated heterocycles. The zero-order valence-electron chi connectivity index (χ0n) is 10.1. The van der Waals surface area contributed by atoms with E-state index in [9.17, 15) is 4.79 Å². The highest BCUT2D eigenvalue weighted by Crippen LogP contribution is 2.19. The molecule has 0 heterocycles. The molecule has 1 rings (SSSR count). The number of anilines is 1. The number of carboxylic acids is 1. The van der Waals surface area contributed by atoms with Gasteiger partial charge in [-0.15, -0.1) is 0 Å². The van der Waals surface area contributed by atoms with Crippen molar-refractivity contribution < 1.29 is 9.90 Å². The van der Waals surface area contributed by atoms with Crippen molar-refractivity contribution in [2.24, 2.45) is 0 Å². The van der Waals surface area contributed by atoms with Crippen LogP contribution in [0.2, 0.25) is 0 Å². The molecule has 1 aromatic carbocycles. The van der Waals surface area contributed by atoms with Crippen LogP contribution in [0.15, 0.2) is 24.3 Å². The molecule has 0 aromatic heterocycles. The van der Waals surface area contributed by atoms with Gasteiger partial charge in [0.25, 0.3) is 0 Å². The minimum Gasteiger partial charge on any atom is -0.478 e. The van der Waals surface area contributed by atoms with E-state index in [2.05, 4.69) is 25.7 Å². The molecule has 16 heavy (non-hydrogen) atoms. The molecule has 88 valence electrons. The summed E-state index contributed by atoms with van der Waals surface area (Å²) in [5.41, 5.74) is 1.33. The largest absolute Gasteiger partial charge is 0.478 e. The molecule has 0 spiro atoms. The maximum Gasteiger partial charge on any atom is 0.335 e. The molecular formula is C13H19NO2. The van der Waals surface area contributed by atoms with Crippen molar-refractivity contribution in [1.82, 2.24) is 0 Å². The molecule has 1 N–H and O–H groups in total. The number of hydrogen-bond donors (Lipinski definition) is 1. The van der Waals surface area contributed by atoms with Crippen LogP contribution < -0.4 is 4.90 Å². The lowest BCUT2D eigenvalue weighted by Crippen LogP contribution is -2.31. The Morgan fingerprint density at radius 1 is 1.44 bits per heavy atom. The molecule has 3 nitrogen and oxygen atoms in total. The van der Waals surface area contributed by atoms with Crippen LogP contribution in [0.1, 0.15) is 37.6 Å². The summed E-state index contributed by atoms with van der Waals surface area (Å²) in [5.74, 6) is -0.873. The summed E-state index contributed by atoms with van der Waals surface area (Å²) < 4.78 is 0. The van der Waals surface area contributed by atoms with Crippen LogP contribution in [0.3, 0.4) is 0 Å². The second kappa shape index (κ2) is 5.54. The maximum absolute atomic E-state index is 10.9. The highest BCUT2D eigenvalue weighted by Gasteiger charge is 2.11. The molecule has 3 heteroatoms. The first-order valence-electron chi connectivity index (χ1n) is 5.66. The average molecular weight is 221 g/mol. The molecule has 0 radical (unpaired) electrons. The second-order valence-electron chi connectivity index (χ2n) is 4.14. The van der Waals surface area contributed by atoms with Gasteiger partial charge in [-0.3, -0.25) is 0 Å². The first kappa shape index (κ1) is 12.6. The third kappa shape index (κ3) is 2.99. The van der Waals surface area contributed by atoms with Crippen LogP contribution in [0.5, 0.6) is 0 Å². The number of carbonyl (C=O) groups is 1. The maximum atomic E-state index is 10.9. The predicted molar refractivity (Wildman–Crippen MR) is 66.2 cm³/mol. The van der Waals surface area contributed by atoms with Gasteiger partial charge in [-0.05, 0) is 38.5 Å². The number of aromatic carboxylic acids is 1. The molecular weight excluding hydrogens is 202 g/mol. The van der Waals surface area contributed by atoms with Crippen LogP contribution in [-0.2, 0) is 0 Å². The molecule has 0 unspecified atom stereocenters. The summed E-state index contributed by atoms with van der Waals surface area (Å²) in [7, 11) is 0. The highest BCUT2D eigenvalue weighted by atomic mass is 16.4. The minimum atomic E-state index is -0.873. The van der Waals surface area contributed by atoms with Gasteiger partial charge in [0.2, 0.25) is 0 Å². The van der Waals surface area contributed by atoms with Gasteiger partial charge in [-0.2, -0.15) is 0 Å². The summed E-state index contributed by atoms with van der Waals surface area (Å²) in [4.78, 5) is 13.1. The molecule has 0 atom stereocenters. The van der Waals surface area contributed by atoms with Gasteiger partial charge in [0.05, 0.1) is 5.56 Å². The zero-order chi connectivity index (χ0) is 12.1. The van der Waals surface area contributed by atoms with E-state index in [4.69, 9.17) is 5.11 Å². The van der Waals surface area contributed by atoms with Crippen molar-refractivity contribution in [2.75, 3.05) is 11.4 Å². The Balaban J connectivity index is 3.00. The molecule has 1 aromatic rings. The number of rotatable bonds is 5. The zero-order valence-corrected chi connectivity index (χ0v) is 10.1. The fourth-order valence-electron chi connectivity index (χ4n) is 1.74. The Morgan fingerprint density at radius 3 is 2.62 bits per heavy atom. The molecule has 0 fully saturated rings. The van der Waals surface area contributed by atoms with E-state index in [-0.39, 0.29) is 0 Å². The van der Waals surface area contributed by atoms with E-state index in [0.29, 0.717) is 11.6 Å². The normalized spacial score (nSPS) is 10.5. The fourth-order valence-corrected chi connectivity index (χ4v) is 1.74. The molecule has 0 bridgehead atoms. The Bertz CT molecular complexity index is 361. The molecule has 0 aliphatic rings. The third-order valence-electron chi connectivity index (χ3n) is 2.51. The monoisotopic (exact) mass is 221 g/mol. The first-order valence-corrected chi connectivity index (χ1v) is 5.66. The van der Waals surface area contributed by atoms with Crippen molar-refractivity contribution in [3.8, 4) is 0 Å². The van der Waals surface area contributed by atoms with Gasteiger partial charge in [0.15, 0.2) is 0 Å². The quantitative estimate of drug-likeness (QED) is 0.830. The smallest absolute Gasteiger partial charge is 0.335 e. The predicted octanol–water partition coefficient (Wildman–Crippen LogP) is 3.01. The average Bonchev–Trinajstić information content (AvgIpc) is 2.25. The van der Waals surface area contributed by atoms with Crippen LogP contribution in [0.25, 0.3) is 0 Å². The van der Waals surface area contributed by atoms with Gasteiger partial charge < -0.3 is 10.0 Å². The summed E-state index contributed by atoms with van der Waals surface area (Å²) >= 11 is 0. The van der Waals surface area contributed by atoms with Crippen molar-refractivity contribution in [3.63, 3.8) is 0 Å². The van der Waals surface area contributed by atoms with Gasteiger partial charge >= 0.3 is 5.97 Å². The number of hydrogen-bond acceptors (Lipinski definition) is 2. The van der Waals surface area contributed by atoms with Crippen molar-refractivity contribution >= 4 is 11.7 Å². The van der Waals surface area contributed by atoms with Gasteiger partial charge in [-0.25, -0.2) is 4.79 Å². The van der Waals surface area contributed by atoms with E-state index < -0.39 is 5.97 Å². The summed E-state index contributed by atoms with van der Waals surface area (Å²) in [5, 5.41) is 8.94. The van der Waals surface area contributed by atoms with E-state index in [1.807, 2.05) is 6.07 Å². The Hall–Kier alpha value is -1.51. The Kier molecular flexibility index (Phi) is 4.35. The van der Waals surface area contributed by atoms with E-state index in [0.717, 1.165) is 18.7 Å². The lowest BCUT2D eigenvalue weighted by molar-refractivity contribution is 0.0697. The van der Waals surface area contributed by atoms with Crippen LogP contribution in [0.4, 0.5) is 5.69 Å². The summed E-state index contributed by atoms with van der Waals surface area (Å²) in [6.45, 7) is 7.30. The minimum absolute atomic E-state index is 0.347. The second-order valence-corrected chi connectivity index (χ2v) is 4.14. The van der Waals surface area contributed by atoms with Gasteiger partial charge in [0.1, 0.15) is 0 Å². The SMILES string of the molecule is CCCN(c1cccc(C(=O)O)c1)C(C)C. The number of nitrogens with zero attached hydrogens (tertiary/aromatic N) is 1. The lowest BCUT2D eigenvalue weighted by Gasteiger charge is -2.28. The van der Waals surface area contributed by atoms with Gasteiger partial charge in [0, 0.05) is 18.3 Å². The van der Waals surface area contributed by atoms with Gasteiger partial charge in [-0.1, -0.05) is 13.0 Å². The van der Waals surface area contributed by atoms with Crippen LogP contribution in [-0.4, -0.2) is 23.7 Å². The van der Waals surface area contributed by atoms with Crippen LogP contribution >= 0.6 is 0 Å². The standard InChI is InChI=1S/C13H19NO2/c1-4-8-14(10(2)3)12-7-5-6-11(9-12)13(15)16/h5-7,9-10H,4,8H2,1-3H3,(H,15,16). The highest BCUT2D eigenvalue weighted by molar-refractivity contribution is 5.88. The Labute approximate surface area is 96.7 Å². The molecule has 0 aliphatic carbocycles. The van der Waals surface area contributed by atoms with Crippen LogP contribution in [0, 0.1) is 0 Å². The molecule has 0 amide bonds. The van der Waals surface area contributed by atoms with E-state index in [1.165, 1.54) is 0 Å². The fraction of sp³-hybridized carbons (Fsp3) is 0.462. The lowest BCUT2D eigenvalue weighted by atomic mass is 10.1.